The van der Waals surface area contributed by atoms with E-state index in [1.165, 1.54) is 18.9 Å². The topological polar surface area (TPSA) is 58.4 Å². The highest BCUT2D eigenvalue weighted by Crippen LogP contribution is 2.25. The van der Waals surface area contributed by atoms with E-state index in [1.54, 1.807) is 12.1 Å². The van der Waals surface area contributed by atoms with Gasteiger partial charge in [0, 0.05) is 37.0 Å². The molecule has 0 radical (unpaired) electrons. The maximum absolute atomic E-state index is 10.7. The Morgan fingerprint density at radius 2 is 2.22 bits per heavy atom. The molecule has 1 aromatic carbocycles. The fourth-order valence-electron chi connectivity index (χ4n) is 1.98. The predicted octanol–water partition coefficient (Wildman–Crippen LogP) is 2.41. The van der Waals surface area contributed by atoms with Crippen molar-refractivity contribution in [2.24, 2.45) is 0 Å². The second kappa shape index (κ2) is 5.35. The molecule has 0 saturated heterocycles. The van der Waals surface area contributed by atoms with Crippen LogP contribution in [0, 0.1) is 17.0 Å². The molecule has 0 spiro atoms. The van der Waals surface area contributed by atoms with Crippen LogP contribution in [0.2, 0.25) is 0 Å². The number of nitrogens with zero attached hydrogens (tertiary/aromatic N) is 2. The highest BCUT2D eigenvalue weighted by atomic mass is 16.6. The Labute approximate surface area is 107 Å². The van der Waals surface area contributed by atoms with Crippen LogP contribution in [0.3, 0.4) is 0 Å². The van der Waals surface area contributed by atoms with Crippen LogP contribution >= 0.6 is 0 Å². The van der Waals surface area contributed by atoms with Gasteiger partial charge < -0.3 is 10.2 Å². The van der Waals surface area contributed by atoms with E-state index in [2.05, 4.69) is 17.3 Å². The molecule has 0 aromatic heterocycles. The molecule has 0 unspecified atom stereocenters. The summed E-state index contributed by atoms with van der Waals surface area (Å²) in [7, 11) is 2.12. The summed E-state index contributed by atoms with van der Waals surface area (Å²) in [5.41, 5.74) is 2.03. The lowest BCUT2D eigenvalue weighted by molar-refractivity contribution is -0.384. The maximum Gasteiger partial charge on any atom is 0.271 e. The molecule has 1 aliphatic carbocycles. The second-order valence-corrected chi connectivity index (χ2v) is 4.89. The van der Waals surface area contributed by atoms with Crippen molar-refractivity contribution in [1.82, 2.24) is 4.90 Å². The molecule has 1 aliphatic rings. The molecule has 0 amide bonds. The van der Waals surface area contributed by atoms with Gasteiger partial charge in [0.15, 0.2) is 0 Å². The Balaban J connectivity index is 1.91. The van der Waals surface area contributed by atoms with Gasteiger partial charge in [-0.25, -0.2) is 0 Å². The molecule has 0 heterocycles. The molecule has 1 N–H and O–H groups in total. The third-order valence-corrected chi connectivity index (χ3v) is 3.38. The van der Waals surface area contributed by atoms with Gasteiger partial charge in [-0.05, 0) is 32.4 Å². The summed E-state index contributed by atoms with van der Waals surface area (Å²) in [4.78, 5) is 12.7. The first-order valence-corrected chi connectivity index (χ1v) is 6.27. The van der Waals surface area contributed by atoms with Crippen molar-refractivity contribution in [1.29, 1.82) is 0 Å². The van der Waals surface area contributed by atoms with Crippen molar-refractivity contribution in [2.45, 2.75) is 25.8 Å². The highest BCUT2D eigenvalue weighted by Gasteiger charge is 2.25. The fourth-order valence-corrected chi connectivity index (χ4v) is 1.98. The Hall–Kier alpha value is -1.62. The minimum Gasteiger partial charge on any atom is -0.383 e. The molecule has 18 heavy (non-hydrogen) atoms. The number of nitrogens with one attached hydrogen (secondary N) is 1. The summed E-state index contributed by atoms with van der Waals surface area (Å²) in [5.74, 6) is 0. The molecule has 0 atom stereocenters. The Morgan fingerprint density at radius 3 is 2.83 bits per heavy atom. The van der Waals surface area contributed by atoms with Crippen LogP contribution in [-0.2, 0) is 0 Å². The molecule has 2 rings (SSSR count). The molecule has 5 nitrogen and oxygen atoms in total. The normalized spacial score (nSPS) is 14.8. The highest BCUT2D eigenvalue weighted by molar-refractivity contribution is 5.56. The number of nitro benzene ring substituents is 1. The van der Waals surface area contributed by atoms with Crippen molar-refractivity contribution in [3.8, 4) is 0 Å². The Bertz CT molecular complexity index is 444. The lowest BCUT2D eigenvalue weighted by atomic mass is 10.2. The minimum absolute atomic E-state index is 0.138. The maximum atomic E-state index is 10.7. The molecule has 1 fully saturated rings. The monoisotopic (exact) mass is 249 g/mol. The molecule has 1 aromatic rings. The van der Waals surface area contributed by atoms with Crippen LogP contribution < -0.4 is 5.32 Å². The first-order chi connectivity index (χ1) is 8.58. The average molecular weight is 249 g/mol. The van der Waals surface area contributed by atoms with Crippen molar-refractivity contribution >= 4 is 11.4 Å². The third kappa shape index (κ3) is 3.20. The van der Waals surface area contributed by atoms with E-state index in [4.69, 9.17) is 0 Å². The zero-order valence-corrected chi connectivity index (χ0v) is 10.8. The first-order valence-electron chi connectivity index (χ1n) is 6.27. The van der Waals surface area contributed by atoms with Gasteiger partial charge in [-0.2, -0.15) is 0 Å². The van der Waals surface area contributed by atoms with Crippen molar-refractivity contribution < 1.29 is 4.92 Å². The van der Waals surface area contributed by atoms with Crippen molar-refractivity contribution in [3.05, 3.63) is 33.9 Å². The SMILES string of the molecule is Cc1ccc([N+](=O)[O-])cc1NCCN(C)C1CC1. The lowest BCUT2D eigenvalue weighted by Gasteiger charge is -2.17. The standard InChI is InChI=1S/C13H19N3O2/c1-10-3-4-12(16(17)18)9-13(10)14-7-8-15(2)11-5-6-11/h3-4,9,11,14H,5-8H2,1-2H3. The summed E-state index contributed by atoms with van der Waals surface area (Å²) < 4.78 is 0. The Morgan fingerprint density at radius 1 is 1.50 bits per heavy atom. The van der Waals surface area contributed by atoms with E-state index in [0.29, 0.717) is 0 Å². The zero-order chi connectivity index (χ0) is 13.1. The van der Waals surface area contributed by atoms with Gasteiger partial charge in [0.2, 0.25) is 0 Å². The van der Waals surface area contributed by atoms with Crippen LogP contribution in [0.1, 0.15) is 18.4 Å². The van der Waals surface area contributed by atoms with Gasteiger partial charge in [0.25, 0.3) is 5.69 Å². The Kier molecular flexibility index (Phi) is 3.81. The van der Waals surface area contributed by atoms with Crippen LogP contribution in [0.25, 0.3) is 0 Å². The van der Waals surface area contributed by atoms with Gasteiger partial charge in [0.05, 0.1) is 4.92 Å². The van der Waals surface area contributed by atoms with Crippen molar-refractivity contribution in [3.63, 3.8) is 0 Å². The molecular weight excluding hydrogens is 230 g/mol. The van der Waals surface area contributed by atoms with Gasteiger partial charge >= 0.3 is 0 Å². The fraction of sp³-hybridized carbons (Fsp3) is 0.538. The van der Waals surface area contributed by atoms with E-state index in [-0.39, 0.29) is 10.6 Å². The van der Waals surface area contributed by atoms with E-state index in [1.807, 2.05) is 6.92 Å². The molecule has 0 aliphatic heterocycles. The molecule has 1 saturated carbocycles. The van der Waals surface area contributed by atoms with Gasteiger partial charge in [0.1, 0.15) is 0 Å². The number of aryl methyl sites for hydroxylation is 1. The average Bonchev–Trinajstić information content (AvgIpc) is 3.15. The number of benzene rings is 1. The van der Waals surface area contributed by atoms with Crippen LogP contribution in [0.4, 0.5) is 11.4 Å². The molecule has 5 heteroatoms. The summed E-state index contributed by atoms with van der Waals surface area (Å²) in [5, 5.41) is 14.0. The lowest BCUT2D eigenvalue weighted by Crippen LogP contribution is -2.27. The zero-order valence-electron chi connectivity index (χ0n) is 10.8. The second-order valence-electron chi connectivity index (χ2n) is 4.89. The van der Waals surface area contributed by atoms with E-state index < -0.39 is 0 Å². The summed E-state index contributed by atoms with van der Waals surface area (Å²) >= 11 is 0. The number of anilines is 1. The number of likely N-dealkylation sites (N-methyl/N-ethyl adjacent to an activating group) is 1. The first kappa shape index (κ1) is 12.8. The van der Waals surface area contributed by atoms with Gasteiger partial charge in [-0.1, -0.05) is 6.07 Å². The van der Waals surface area contributed by atoms with Crippen molar-refractivity contribution in [2.75, 3.05) is 25.5 Å². The number of hydrogen-bond acceptors (Lipinski definition) is 4. The third-order valence-electron chi connectivity index (χ3n) is 3.38. The summed E-state index contributed by atoms with van der Waals surface area (Å²) in [6, 6.07) is 5.67. The number of nitro groups is 1. The summed E-state index contributed by atoms with van der Waals surface area (Å²) in [6.07, 6.45) is 2.60. The molecule has 0 bridgehead atoms. The number of rotatable bonds is 6. The number of hydrogen-bond donors (Lipinski definition) is 1. The summed E-state index contributed by atoms with van der Waals surface area (Å²) in [6.45, 7) is 3.73. The minimum atomic E-state index is -0.360. The van der Waals surface area contributed by atoms with Crippen LogP contribution in [0.5, 0.6) is 0 Å². The molecular formula is C13H19N3O2. The van der Waals surface area contributed by atoms with E-state index in [0.717, 1.165) is 30.4 Å². The number of non-ortho nitro benzene ring substituents is 1. The van der Waals surface area contributed by atoms with E-state index >= 15 is 0 Å². The van der Waals surface area contributed by atoms with Crippen LogP contribution in [-0.4, -0.2) is 36.0 Å². The predicted molar refractivity (Wildman–Crippen MR) is 72.0 cm³/mol. The largest absolute Gasteiger partial charge is 0.383 e. The van der Waals surface area contributed by atoms with Gasteiger partial charge in [-0.3, -0.25) is 10.1 Å². The smallest absolute Gasteiger partial charge is 0.271 e. The van der Waals surface area contributed by atoms with Gasteiger partial charge in [-0.15, -0.1) is 0 Å². The quantitative estimate of drug-likeness (QED) is 0.621. The van der Waals surface area contributed by atoms with E-state index in [9.17, 15) is 10.1 Å². The van der Waals surface area contributed by atoms with Crippen LogP contribution in [0.15, 0.2) is 18.2 Å². The molecule has 98 valence electrons.